The Balaban J connectivity index is 2.15. The largest absolute Gasteiger partial charge is 0.618 e. The fourth-order valence-electron chi connectivity index (χ4n) is 2.50. The van der Waals surface area contributed by atoms with E-state index in [-0.39, 0.29) is 21.7 Å². The Hall–Kier alpha value is -3.83. The summed E-state index contributed by atoms with van der Waals surface area (Å²) in [6.07, 6.45) is -4.10. The number of nitro benzene ring substituents is 1. The molecule has 2 heterocycles. The highest BCUT2D eigenvalue weighted by molar-refractivity contribution is 5.73. The van der Waals surface area contributed by atoms with E-state index in [1.54, 1.807) is 0 Å². The van der Waals surface area contributed by atoms with Gasteiger partial charge in [-0.25, -0.2) is 0 Å². The molecule has 146 valence electrons. The van der Waals surface area contributed by atoms with Crippen molar-refractivity contribution in [1.82, 2.24) is 5.16 Å². The molecule has 3 rings (SSSR count). The maximum Gasteiger partial charge on any atom is 0.417 e. The van der Waals surface area contributed by atoms with Gasteiger partial charge in [-0.2, -0.15) is 17.9 Å². The van der Waals surface area contributed by atoms with Crippen LogP contribution in [0.25, 0.3) is 22.6 Å². The zero-order chi connectivity index (χ0) is 20.8. The first-order valence-corrected chi connectivity index (χ1v) is 7.48. The number of hydrogen-bond acceptors (Lipinski definition) is 7. The molecule has 0 bridgehead atoms. The first-order valence-electron chi connectivity index (χ1n) is 7.48. The van der Waals surface area contributed by atoms with Gasteiger partial charge in [0.25, 0.3) is 0 Å². The highest BCUT2D eigenvalue weighted by Gasteiger charge is 2.37. The number of benzene rings is 1. The normalized spacial score (nSPS) is 11.6. The molecule has 0 radical (unpaired) electrons. The maximum absolute atomic E-state index is 13.3. The molecule has 0 aliphatic rings. The zero-order valence-corrected chi connectivity index (χ0v) is 13.9. The number of nitrogens with zero attached hydrogens (tertiary/aromatic N) is 3. The average molecular weight is 397 g/mol. The molecule has 12 heteroatoms. The molecule has 0 amide bonds. The van der Waals surface area contributed by atoms with Crippen molar-refractivity contribution in [2.24, 2.45) is 0 Å². The van der Waals surface area contributed by atoms with Crippen LogP contribution >= 0.6 is 0 Å². The average Bonchev–Trinajstić information content (AvgIpc) is 3.08. The SMILES string of the molecule is Cc1cc(C(F)(F)F)c(-c2cc(-c3cc(O)c(O)c([N+](=O)[O-])c3)no2)c[n+]1[O-]. The molecule has 0 unspecified atom stereocenters. The van der Waals surface area contributed by atoms with Crippen LogP contribution in [-0.2, 0) is 6.18 Å². The van der Waals surface area contributed by atoms with E-state index in [9.17, 15) is 38.7 Å². The monoisotopic (exact) mass is 397 g/mol. The van der Waals surface area contributed by atoms with Gasteiger partial charge in [0.2, 0.25) is 5.75 Å². The quantitative estimate of drug-likeness (QED) is 0.227. The number of alkyl halides is 3. The van der Waals surface area contributed by atoms with Gasteiger partial charge in [0.05, 0.1) is 16.1 Å². The lowest BCUT2D eigenvalue weighted by molar-refractivity contribution is -0.612. The van der Waals surface area contributed by atoms with Crippen molar-refractivity contribution >= 4 is 5.69 Å². The van der Waals surface area contributed by atoms with Crippen LogP contribution in [0.3, 0.4) is 0 Å². The molecule has 0 aliphatic carbocycles. The molecule has 0 fully saturated rings. The number of nitro groups is 1. The molecule has 0 spiro atoms. The Morgan fingerprint density at radius 1 is 1.21 bits per heavy atom. The number of hydrogen-bond donors (Lipinski definition) is 2. The van der Waals surface area contributed by atoms with Crippen molar-refractivity contribution in [2.75, 3.05) is 0 Å². The second-order valence-electron chi connectivity index (χ2n) is 5.76. The molecular formula is C16H10F3N3O6. The Kier molecular flexibility index (Phi) is 4.33. The summed E-state index contributed by atoms with van der Waals surface area (Å²) >= 11 is 0. The summed E-state index contributed by atoms with van der Waals surface area (Å²) in [5.74, 6) is -2.21. The fraction of sp³-hybridized carbons (Fsp3) is 0.125. The van der Waals surface area contributed by atoms with Crippen LogP contribution in [0.15, 0.2) is 35.0 Å². The van der Waals surface area contributed by atoms with E-state index < -0.39 is 45.2 Å². The Morgan fingerprint density at radius 3 is 2.50 bits per heavy atom. The predicted molar refractivity (Wildman–Crippen MR) is 86.1 cm³/mol. The number of halogens is 3. The third-order valence-electron chi connectivity index (χ3n) is 3.88. The molecule has 3 aromatic rings. The summed E-state index contributed by atoms with van der Waals surface area (Å²) in [4.78, 5) is 9.98. The van der Waals surface area contributed by atoms with E-state index in [2.05, 4.69) is 5.16 Å². The van der Waals surface area contributed by atoms with Crippen LogP contribution in [0, 0.1) is 22.2 Å². The maximum atomic E-state index is 13.3. The van der Waals surface area contributed by atoms with E-state index >= 15 is 0 Å². The first kappa shape index (κ1) is 18.9. The van der Waals surface area contributed by atoms with E-state index in [1.807, 2.05) is 0 Å². The molecule has 0 saturated carbocycles. The molecular weight excluding hydrogens is 387 g/mol. The molecule has 2 aromatic heterocycles. The van der Waals surface area contributed by atoms with Crippen LogP contribution in [-0.4, -0.2) is 20.3 Å². The number of aromatic nitrogens is 2. The lowest BCUT2D eigenvalue weighted by atomic mass is 10.0. The predicted octanol–water partition coefficient (Wildman–Crippen LogP) is 3.29. The molecule has 0 aliphatic heterocycles. The summed E-state index contributed by atoms with van der Waals surface area (Å²) in [6.45, 7) is 1.20. The molecule has 1 aromatic carbocycles. The van der Waals surface area contributed by atoms with Crippen molar-refractivity contribution in [3.63, 3.8) is 0 Å². The van der Waals surface area contributed by atoms with Crippen LogP contribution in [0.4, 0.5) is 18.9 Å². The summed E-state index contributed by atoms with van der Waals surface area (Å²) in [6, 6.07) is 3.47. The second-order valence-corrected chi connectivity index (χ2v) is 5.76. The van der Waals surface area contributed by atoms with E-state index in [1.165, 1.54) is 6.92 Å². The van der Waals surface area contributed by atoms with Crippen molar-refractivity contribution in [1.29, 1.82) is 0 Å². The lowest BCUT2D eigenvalue weighted by Crippen LogP contribution is -2.31. The summed E-state index contributed by atoms with van der Waals surface area (Å²) in [5.41, 5.74) is -2.96. The van der Waals surface area contributed by atoms with E-state index in [0.29, 0.717) is 12.3 Å². The van der Waals surface area contributed by atoms with Gasteiger partial charge in [0.1, 0.15) is 5.69 Å². The molecule has 28 heavy (non-hydrogen) atoms. The number of aryl methyl sites for hydroxylation is 1. The zero-order valence-electron chi connectivity index (χ0n) is 13.9. The number of phenolic OH excluding ortho intramolecular Hbond substituents is 2. The Labute approximate surface area is 153 Å². The van der Waals surface area contributed by atoms with Gasteiger partial charge >= 0.3 is 11.9 Å². The van der Waals surface area contributed by atoms with Crippen LogP contribution in [0.5, 0.6) is 11.5 Å². The number of rotatable bonds is 3. The molecule has 0 atom stereocenters. The number of pyridine rings is 1. The smallest absolute Gasteiger partial charge is 0.417 e. The highest BCUT2D eigenvalue weighted by atomic mass is 19.4. The summed E-state index contributed by atoms with van der Waals surface area (Å²) in [7, 11) is 0. The molecule has 2 N–H and O–H groups in total. The fourth-order valence-corrected chi connectivity index (χ4v) is 2.50. The van der Waals surface area contributed by atoms with Gasteiger partial charge < -0.3 is 19.9 Å². The van der Waals surface area contributed by atoms with Crippen LogP contribution in [0.1, 0.15) is 11.3 Å². The van der Waals surface area contributed by atoms with Crippen molar-refractivity contribution < 1.29 is 37.6 Å². The van der Waals surface area contributed by atoms with Crippen LogP contribution in [0.2, 0.25) is 0 Å². The minimum atomic E-state index is -4.78. The number of aromatic hydroxyl groups is 2. The first-order chi connectivity index (χ1) is 13.0. The standard InChI is InChI=1S/C16H10F3N3O6/c1-7-2-10(16(17,18)19)9(6-21(7)25)14-5-11(20-28-14)8-3-12(22(26)27)15(24)13(23)4-8/h2-6,23-24H,1H3. The van der Waals surface area contributed by atoms with E-state index in [4.69, 9.17) is 4.52 Å². The molecule has 9 nitrogen and oxygen atoms in total. The lowest BCUT2D eigenvalue weighted by Gasteiger charge is -2.11. The summed E-state index contributed by atoms with van der Waals surface area (Å²) in [5, 5.41) is 45.3. The van der Waals surface area contributed by atoms with Gasteiger partial charge in [0.15, 0.2) is 23.4 Å². The second kappa shape index (κ2) is 6.40. The van der Waals surface area contributed by atoms with Gasteiger partial charge in [-0.15, -0.1) is 0 Å². The van der Waals surface area contributed by atoms with Gasteiger partial charge in [0, 0.05) is 30.7 Å². The molecule has 0 saturated heterocycles. The highest BCUT2D eigenvalue weighted by Crippen LogP contribution is 2.41. The van der Waals surface area contributed by atoms with E-state index in [0.717, 1.165) is 18.2 Å². The Morgan fingerprint density at radius 2 is 1.89 bits per heavy atom. The van der Waals surface area contributed by atoms with Crippen LogP contribution < -0.4 is 4.73 Å². The number of phenols is 2. The third kappa shape index (κ3) is 3.26. The minimum absolute atomic E-state index is 0.0901. The van der Waals surface area contributed by atoms with Crippen molar-refractivity contribution in [3.8, 4) is 34.1 Å². The van der Waals surface area contributed by atoms with Gasteiger partial charge in [-0.1, -0.05) is 5.16 Å². The van der Waals surface area contributed by atoms with Crippen molar-refractivity contribution in [2.45, 2.75) is 13.1 Å². The third-order valence-corrected chi connectivity index (χ3v) is 3.88. The topological polar surface area (TPSA) is 137 Å². The summed E-state index contributed by atoms with van der Waals surface area (Å²) < 4.78 is 45.0. The minimum Gasteiger partial charge on any atom is -0.618 e. The Bertz CT molecular complexity index is 1090. The van der Waals surface area contributed by atoms with Gasteiger partial charge in [-0.05, 0) is 6.07 Å². The van der Waals surface area contributed by atoms with Crippen molar-refractivity contribution in [3.05, 3.63) is 57.0 Å². The van der Waals surface area contributed by atoms with Gasteiger partial charge in [-0.3, -0.25) is 10.1 Å².